The molecule has 0 amide bonds. The van der Waals surface area contributed by atoms with E-state index >= 15 is 0 Å². The number of hydrogen-bond donors (Lipinski definition) is 2. The van der Waals surface area contributed by atoms with E-state index in [1.807, 2.05) is 19.9 Å². The summed E-state index contributed by atoms with van der Waals surface area (Å²) in [5, 5.41) is 6.70. The lowest BCUT2D eigenvalue weighted by Crippen LogP contribution is -2.48. The average Bonchev–Trinajstić information content (AvgIpc) is 2.61. The SMILES string of the molecule is CCNC1N=C(N(C)C2CCCCC2)C(/C=C/C(=O)OCC)=C(C)N1. The number of esters is 1. The molecule has 0 aromatic rings. The highest BCUT2D eigenvalue weighted by Gasteiger charge is 2.27. The van der Waals surface area contributed by atoms with Gasteiger partial charge in [0.2, 0.25) is 0 Å². The fourth-order valence-electron chi connectivity index (χ4n) is 3.43. The third-order valence-electron chi connectivity index (χ3n) is 4.78. The molecule has 1 saturated carbocycles. The molecule has 1 heterocycles. The summed E-state index contributed by atoms with van der Waals surface area (Å²) in [6, 6.07) is 0.506. The van der Waals surface area contributed by atoms with Crippen molar-refractivity contribution < 1.29 is 9.53 Å². The molecule has 2 aliphatic rings. The van der Waals surface area contributed by atoms with Gasteiger partial charge in [0.25, 0.3) is 0 Å². The highest BCUT2D eigenvalue weighted by molar-refractivity contribution is 6.03. The van der Waals surface area contributed by atoms with E-state index in [1.165, 1.54) is 38.2 Å². The van der Waals surface area contributed by atoms with Crippen molar-refractivity contribution in [2.24, 2.45) is 4.99 Å². The summed E-state index contributed by atoms with van der Waals surface area (Å²) in [5.74, 6) is 0.617. The lowest BCUT2D eigenvalue weighted by atomic mass is 9.93. The second kappa shape index (κ2) is 9.61. The van der Waals surface area contributed by atoms with Crippen LogP contribution < -0.4 is 10.6 Å². The zero-order chi connectivity index (χ0) is 18.2. The number of allylic oxidation sites excluding steroid dienone is 1. The molecule has 140 valence electrons. The van der Waals surface area contributed by atoms with Gasteiger partial charge < -0.3 is 15.0 Å². The molecular weight excluding hydrogens is 316 g/mol. The Labute approximate surface area is 151 Å². The van der Waals surface area contributed by atoms with Gasteiger partial charge in [0.15, 0.2) is 6.29 Å². The Morgan fingerprint density at radius 3 is 2.72 bits per heavy atom. The smallest absolute Gasteiger partial charge is 0.330 e. The van der Waals surface area contributed by atoms with Crippen LogP contribution >= 0.6 is 0 Å². The Balaban J connectivity index is 2.24. The standard InChI is InChI=1S/C19H32N4O2/c1-5-20-19-21-14(3)16(12-13-17(24)25-6-2)18(22-19)23(4)15-10-8-7-9-11-15/h12-13,15,19-21H,5-11H2,1-4H3/b13-12+. The topological polar surface area (TPSA) is 66.0 Å². The van der Waals surface area contributed by atoms with Crippen LogP contribution in [0.3, 0.4) is 0 Å². The fraction of sp³-hybridized carbons (Fsp3) is 0.684. The van der Waals surface area contributed by atoms with Crippen LogP contribution in [0.1, 0.15) is 52.9 Å². The van der Waals surface area contributed by atoms with Crippen molar-refractivity contribution in [1.82, 2.24) is 15.5 Å². The zero-order valence-corrected chi connectivity index (χ0v) is 16.0. The summed E-state index contributed by atoms with van der Waals surface area (Å²) in [6.07, 6.45) is 9.43. The van der Waals surface area contributed by atoms with Crippen molar-refractivity contribution in [1.29, 1.82) is 0 Å². The lowest BCUT2D eigenvalue weighted by molar-refractivity contribution is -0.137. The summed E-state index contributed by atoms with van der Waals surface area (Å²) >= 11 is 0. The van der Waals surface area contributed by atoms with E-state index in [-0.39, 0.29) is 12.3 Å². The quantitative estimate of drug-likeness (QED) is 0.570. The van der Waals surface area contributed by atoms with E-state index in [0.717, 1.165) is 23.7 Å². The number of aliphatic imine (C=N–C) groups is 1. The monoisotopic (exact) mass is 348 g/mol. The van der Waals surface area contributed by atoms with Crippen molar-refractivity contribution >= 4 is 11.8 Å². The minimum absolute atomic E-state index is 0.134. The maximum absolute atomic E-state index is 11.7. The van der Waals surface area contributed by atoms with Gasteiger partial charge in [-0.05, 0) is 39.3 Å². The van der Waals surface area contributed by atoms with Crippen LogP contribution in [0.5, 0.6) is 0 Å². The molecular formula is C19H32N4O2. The maximum atomic E-state index is 11.7. The van der Waals surface area contributed by atoms with Crippen LogP contribution in [0.2, 0.25) is 0 Å². The molecule has 0 spiro atoms. The average molecular weight is 348 g/mol. The molecule has 6 nitrogen and oxygen atoms in total. The summed E-state index contributed by atoms with van der Waals surface area (Å²) in [6.45, 7) is 7.12. The first kappa shape index (κ1) is 19.5. The normalized spacial score (nSPS) is 21.9. The number of likely N-dealkylation sites (N-methyl/N-ethyl adjacent to an activating group) is 1. The molecule has 1 atom stereocenters. The first-order chi connectivity index (χ1) is 12.1. The second-order valence-corrected chi connectivity index (χ2v) is 6.58. The number of amidine groups is 1. The van der Waals surface area contributed by atoms with Gasteiger partial charge in [-0.1, -0.05) is 26.2 Å². The largest absolute Gasteiger partial charge is 0.463 e. The third-order valence-corrected chi connectivity index (χ3v) is 4.78. The fourth-order valence-corrected chi connectivity index (χ4v) is 3.43. The molecule has 2 rings (SSSR count). The number of nitrogens with one attached hydrogen (secondary N) is 2. The Morgan fingerprint density at radius 1 is 1.36 bits per heavy atom. The van der Waals surface area contributed by atoms with Crippen molar-refractivity contribution in [2.75, 3.05) is 20.2 Å². The molecule has 0 radical (unpaired) electrons. The van der Waals surface area contributed by atoms with Crippen molar-refractivity contribution in [2.45, 2.75) is 65.2 Å². The van der Waals surface area contributed by atoms with Crippen molar-refractivity contribution in [3.8, 4) is 0 Å². The Bertz CT molecular complexity index is 548. The van der Waals surface area contributed by atoms with Crippen LogP contribution in [0.4, 0.5) is 0 Å². The molecule has 0 saturated heterocycles. The van der Waals surface area contributed by atoms with Gasteiger partial charge in [0.05, 0.1) is 6.61 Å². The van der Waals surface area contributed by atoms with Crippen molar-refractivity contribution in [3.05, 3.63) is 23.4 Å². The van der Waals surface area contributed by atoms with E-state index in [4.69, 9.17) is 9.73 Å². The lowest BCUT2D eigenvalue weighted by Gasteiger charge is -2.37. The van der Waals surface area contributed by atoms with Crippen LogP contribution in [-0.4, -0.2) is 49.2 Å². The predicted molar refractivity (Wildman–Crippen MR) is 101 cm³/mol. The Morgan fingerprint density at radius 2 is 2.08 bits per heavy atom. The third kappa shape index (κ3) is 5.33. The minimum atomic E-state index is -0.323. The summed E-state index contributed by atoms with van der Waals surface area (Å²) < 4.78 is 5.01. The van der Waals surface area contributed by atoms with Crippen LogP contribution in [0.15, 0.2) is 28.4 Å². The highest BCUT2D eigenvalue weighted by atomic mass is 16.5. The molecule has 1 unspecified atom stereocenters. The van der Waals surface area contributed by atoms with E-state index in [0.29, 0.717) is 12.6 Å². The molecule has 0 bridgehead atoms. The maximum Gasteiger partial charge on any atom is 0.330 e. The summed E-state index contributed by atoms with van der Waals surface area (Å²) in [5.41, 5.74) is 1.97. The Hall–Kier alpha value is -1.82. The highest BCUT2D eigenvalue weighted by Crippen LogP contribution is 2.25. The van der Waals surface area contributed by atoms with Gasteiger partial charge in [-0.2, -0.15) is 0 Å². The molecule has 1 aliphatic heterocycles. The molecule has 0 aromatic heterocycles. The molecule has 2 N–H and O–H groups in total. The second-order valence-electron chi connectivity index (χ2n) is 6.58. The molecule has 0 aromatic carbocycles. The van der Waals surface area contributed by atoms with E-state index in [9.17, 15) is 4.79 Å². The van der Waals surface area contributed by atoms with Gasteiger partial charge in [0, 0.05) is 30.4 Å². The molecule has 6 heteroatoms. The molecule has 1 aliphatic carbocycles. The van der Waals surface area contributed by atoms with Crippen LogP contribution in [0.25, 0.3) is 0 Å². The molecule has 1 fully saturated rings. The molecule has 25 heavy (non-hydrogen) atoms. The first-order valence-corrected chi connectivity index (χ1v) is 9.43. The summed E-state index contributed by atoms with van der Waals surface area (Å²) in [7, 11) is 2.12. The van der Waals surface area contributed by atoms with Crippen molar-refractivity contribution in [3.63, 3.8) is 0 Å². The number of rotatable bonds is 6. The number of hydrogen-bond acceptors (Lipinski definition) is 6. The predicted octanol–water partition coefficient (Wildman–Crippen LogP) is 2.54. The van der Waals surface area contributed by atoms with Gasteiger partial charge in [-0.15, -0.1) is 0 Å². The van der Waals surface area contributed by atoms with Gasteiger partial charge in [-0.3, -0.25) is 5.32 Å². The first-order valence-electron chi connectivity index (χ1n) is 9.43. The van der Waals surface area contributed by atoms with Gasteiger partial charge >= 0.3 is 5.97 Å². The number of carbonyl (C=O) groups is 1. The van der Waals surface area contributed by atoms with Gasteiger partial charge in [0.1, 0.15) is 5.84 Å². The summed E-state index contributed by atoms with van der Waals surface area (Å²) in [4.78, 5) is 18.9. The van der Waals surface area contributed by atoms with E-state index < -0.39 is 0 Å². The van der Waals surface area contributed by atoms with Crippen LogP contribution in [-0.2, 0) is 9.53 Å². The minimum Gasteiger partial charge on any atom is -0.463 e. The van der Waals surface area contributed by atoms with Crippen LogP contribution in [0, 0.1) is 0 Å². The Kier molecular flexibility index (Phi) is 7.50. The number of nitrogens with zero attached hydrogens (tertiary/aromatic N) is 2. The van der Waals surface area contributed by atoms with E-state index in [2.05, 4.69) is 29.5 Å². The number of carbonyl (C=O) groups excluding carboxylic acids is 1. The zero-order valence-electron chi connectivity index (χ0n) is 16.0. The van der Waals surface area contributed by atoms with Gasteiger partial charge in [-0.25, -0.2) is 9.79 Å². The number of ether oxygens (including phenoxy) is 1. The van der Waals surface area contributed by atoms with E-state index in [1.54, 1.807) is 0 Å².